The molecule has 1 radical (unpaired) electrons. The monoisotopic (exact) mass is 136 g/mol. The quantitative estimate of drug-likeness (QED) is 0.625. The van der Waals surface area contributed by atoms with Crippen molar-refractivity contribution >= 4 is 5.97 Å². The zero-order chi connectivity index (χ0) is 7.56. The summed E-state index contributed by atoms with van der Waals surface area (Å²) in [4.78, 5) is 13.9. The summed E-state index contributed by atoms with van der Waals surface area (Å²) in [5, 5.41) is 8.44. The van der Waals surface area contributed by atoms with Crippen molar-refractivity contribution in [3.8, 4) is 0 Å². The number of hydrogen-bond donors (Lipinski definition) is 1. The number of carboxylic acids is 1. The van der Waals surface area contributed by atoms with Gasteiger partial charge in [0.25, 0.3) is 0 Å². The van der Waals surface area contributed by atoms with Crippen LogP contribution in [0.3, 0.4) is 0 Å². The normalized spacial score (nSPS) is 9.30. The third kappa shape index (κ3) is 1.31. The molecule has 1 heterocycles. The van der Waals surface area contributed by atoms with E-state index in [0.717, 1.165) is 0 Å². The molecule has 0 aliphatic carbocycles. The number of pyridine rings is 1. The smallest absolute Gasteiger partial charge is 0.337 e. The van der Waals surface area contributed by atoms with Crippen LogP contribution in [0.25, 0.3) is 0 Å². The van der Waals surface area contributed by atoms with E-state index < -0.39 is 5.97 Å². The van der Waals surface area contributed by atoms with Gasteiger partial charge in [0.15, 0.2) is 0 Å². The van der Waals surface area contributed by atoms with Crippen molar-refractivity contribution in [2.75, 3.05) is 0 Å². The van der Waals surface area contributed by atoms with Crippen LogP contribution in [-0.2, 0) is 0 Å². The summed E-state index contributed by atoms with van der Waals surface area (Å²) in [6.45, 7) is 3.54. The second-order valence-electron chi connectivity index (χ2n) is 1.89. The Labute approximate surface area is 58.3 Å². The number of rotatable bonds is 1. The van der Waals surface area contributed by atoms with Crippen LogP contribution in [0.1, 0.15) is 15.9 Å². The number of aromatic carboxylic acids is 1. The molecule has 0 spiro atoms. The summed E-state index contributed by atoms with van der Waals surface area (Å²) >= 11 is 0. The van der Waals surface area contributed by atoms with E-state index in [4.69, 9.17) is 5.11 Å². The summed E-state index contributed by atoms with van der Waals surface area (Å²) in [5.74, 6) is -0.974. The largest absolute Gasteiger partial charge is 0.478 e. The Morgan fingerprint density at radius 2 is 2.30 bits per heavy atom. The van der Waals surface area contributed by atoms with Crippen molar-refractivity contribution in [2.24, 2.45) is 0 Å². The van der Waals surface area contributed by atoms with Crippen LogP contribution in [0.2, 0.25) is 0 Å². The topological polar surface area (TPSA) is 50.2 Å². The molecule has 0 fully saturated rings. The molecule has 0 saturated heterocycles. The van der Waals surface area contributed by atoms with Gasteiger partial charge in [0.1, 0.15) is 0 Å². The summed E-state index contributed by atoms with van der Waals surface area (Å²) in [5.41, 5.74) is 0.785. The maximum absolute atomic E-state index is 10.3. The molecule has 10 heavy (non-hydrogen) atoms. The predicted molar refractivity (Wildman–Crippen MR) is 35.7 cm³/mol. The summed E-state index contributed by atoms with van der Waals surface area (Å²) in [6, 6.07) is 1.47. The Balaban J connectivity index is 3.07. The molecule has 0 unspecified atom stereocenters. The Hall–Kier alpha value is -1.38. The standard InChI is InChI=1S/C7H6NO2/c1-5-2-6(7(9)10)4-8-3-5/h2-4H,1H2,(H,9,10). The zero-order valence-electron chi connectivity index (χ0n) is 5.24. The molecule has 1 aromatic rings. The third-order valence-corrected chi connectivity index (χ3v) is 1.04. The van der Waals surface area contributed by atoms with Gasteiger partial charge in [0.05, 0.1) is 5.56 Å². The molecule has 0 bridgehead atoms. The van der Waals surface area contributed by atoms with Gasteiger partial charge in [-0.25, -0.2) is 4.79 Å². The van der Waals surface area contributed by atoms with E-state index >= 15 is 0 Å². The van der Waals surface area contributed by atoms with E-state index in [2.05, 4.69) is 11.9 Å². The minimum Gasteiger partial charge on any atom is -0.478 e. The van der Waals surface area contributed by atoms with Gasteiger partial charge in [-0.2, -0.15) is 0 Å². The maximum atomic E-state index is 10.3. The Morgan fingerprint density at radius 3 is 2.70 bits per heavy atom. The lowest BCUT2D eigenvalue weighted by Crippen LogP contribution is -1.96. The molecule has 1 aromatic heterocycles. The highest BCUT2D eigenvalue weighted by atomic mass is 16.4. The first-order valence-corrected chi connectivity index (χ1v) is 2.70. The van der Waals surface area contributed by atoms with Crippen molar-refractivity contribution in [3.05, 3.63) is 36.5 Å². The minimum absolute atomic E-state index is 0.174. The van der Waals surface area contributed by atoms with E-state index in [-0.39, 0.29) is 5.56 Å². The first kappa shape index (κ1) is 6.74. The van der Waals surface area contributed by atoms with Crippen molar-refractivity contribution in [2.45, 2.75) is 0 Å². The lowest BCUT2D eigenvalue weighted by Gasteiger charge is -1.92. The fraction of sp³-hybridized carbons (Fsp3) is 0. The van der Waals surface area contributed by atoms with Crippen LogP contribution in [0.4, 0.5) is 0 Å². The second-order valence-corrected chi connectivity index (χ2v) is 1.89. The van der Waals surface area contributed by atoms with Crippen molar-refractivity contribution in [1.82, 2.24) is 4.98 Å². The van der Waals surface area contributed by atoms with Crippen LogP contribution in [0.5, 0.6) is 0 Å². The maximum Gasteiger partial charge on any atom is 0.337 e. The van der Waals surface area contributed by atoms with E-state index in [1.54, 1.807) is 0 Å². The number of carboxylic acid groups (broad SMARTS) is 1. The lowest BCUT2D eigenvalue weighted by atomic mass is 10.2. The van der Waals surface area contributed by atoms with Crippen LogP contribution >= 0.6 is 0 Å². The van der Waals surface area contributed by atoms with Gasteiger partial charge in [-0.15, -0.1) is 0 Å². The predicted octanol–water partition coefficient (Wildman–Crippen LogP) is 0.962. The van der Waals surface area contributed by atoms with Crippen LogP contribution in [0, 0.1) is 6.92 Å². The molecular formula is C7H6NO2. The van der Waals surface area contributed by atoms with Gasteiger partial charge in [-0.1, -0.05) is 0 Å². The van der Waals surface area contributed by atoms with E-state index in [0.29, 0.717) is 5.56 Å². The Morgan fingerprint density at radius 1 is 1.60 bits per heavy atom. The Kier molecular flexibility index (Phi) is 1.67. The van der Waals surface area contributed by atoms with Gasteiger partial charge < -0.3 is 5.11 Å². The summed E-state index contributed by atoms with van der Waals surface area (Å²) < 4.78 is 0. The fourth-order valence-electron chi connectivity index (χ4n) is 0.605. The molecule has 3 heteroatoms. The highest BCUT2D eigenvalue weighted by molar-refractivity contribution is 5.87. The molecule has 0 aromatic carbocycles. The Bertz CT molecular complexity index is 258. The van der Waals surface area contributed by atoms with Crippen LogP contribution in [-0.4, -0.2) is 16.1 Å². The summed E-state index contributed by atoms with van der Waals surface area (Å²) in [6.07, 6.45) is 2.80. The van der Waals surface area contributed by atoms with Crippen molar-refractivity contribution < 1.29 is 9.90 Å². The molecular weight excluding hydrogens is 130 g/mol. The third-order valence-electron chi connectivity index (χ3n) is 1.04. The highest BCUT2D eigenvalue weighted by Gasteiger charge is 2.00. The first-order chi connectivity index (χ1) is 4.70. The van der Waals surface area contributed by atoms with Crippen molar-refractivity contribution in [3.63, 3.8) is 0 Å². The van der Waals surface area contributed by atoms with E-state index in [1.165, 1.54) is 18.5 Å². The first-order valence-electron chi connectivity index (χ1n) is 2.70. The zero-order valence-corrected chi connectivity index (χ0v) is 5.24. The fourth-order valence-corrected chi connectivity index (χ4v) is 0.605. The van der Waals surface area contributed by atoms with Crippen molar-refractivity contribution in [1.29, 1.82) is 0 Å². The molecule has 0 aliphatic heterocycles. The second kappa shape index (κ2) is 2.47. The van der Waals surface area contributed by atoms with E-state index in [9.17, 15) is 4.79 Å². The number of aromatic nitrogens is 1. The van der Waals surface area contributed by atoms with Gasteiger partial charge in [0, 0.05) is 12.4 Å². The molecule has 1 N–H and O–H groups in total. The summed E-state index contributed by atoms with van der Waals surface area (Å²) in [7, 11) is 0. The number of carbonyl (C=O) groups is 1. The molecule has 0 aliphatic rings. The molecule has 0 saturated carbocycles. The molecule has 1 rings (SSSR count). The van der Waals surface area contributed by atoms with Gasteiger partial charge in [0.2, 0.25) is 0 Å². The van der Waals surface area contributed by atoms with Gasteiger partial charge in [-0.3, -0.25) is 4.98 Å². The van der Waals surface area contributed by atoms with Gasteiger partial charge >= 0.3 is 5.97 Å². The molecule has 0 amide bonds. The van der Waals surface area contributed by atoms with Gasteiger partial charge in [-0.05, 0) is 18.6 Å². The lowest BCUT2D eigenvalue weighted by molar-refractivity contribution is 0.0696. The number of hydrogen-bond acceptors (Lipinski definition) is 2. The average Bonchev–Trinajstić information content (AvgIpc) is 1.88. The highest BCUT2D eigenvalue weighted by Crippen LogP contribution is 1.99. The van der Waals surface area contributed by atoms with Crippen LogP contribution in [0.15, 0.2) is 18.5 Å². The van der Waals surface area contributed by atoms with E-state index in [1.807, 2.05) is 0 Å². The molecule has 51 valence electrons. The molecule has 0 atom stereocenters. The number of nitrogens with zero attached hydrogens (tertiary/aromatic N) is 1. The molecule has 3 nitrogen and oxygen atoms in total. The minimum atomic E-state index is -0.974. The SMILES string of the molecule is [CH2]c1cncc(C(=O)O)c1. The van der Waals surface area contributed by atoms with Crippen LogP contribution < -0.4 is 0 Å². The average molecular weight is 136 g/mol.